The Morgan fingerprint density at radius 1 is 1.25 bits per heavy atom. The monoisotopic (exact) mass is 390 g/mol. The van der Waals surface area contributed by atoms with E-state index in [1.807, 2.05) is 0 Å². The van der Waals surface area contributed by atoms with Crippen LogP contribution in [0.2, 0.25) is 0 Å². The van der Waals surface area contributed by atoms with Crippen LogP contribution in [0.4, 0.5) is 17.6 Å². The van der Waals surface area contributed by atoms with Crippen molar-refractivity contribution in [1.29, 1.82) is 0 Å². The third-order valence-corrected chi connectivity index (χ3v) is 3.55. The zero-order valence-electron chi connectivity index (χ0n) is 12.8. The Morgan fingerprint density at radius 3 is 2.38 bits per heavy atom. The van der Waals surface area contributed by atoms with Crippen molar-refractivity contribution >= 4 is 24.8 Å². The second-order valence-corrected chi connectivity index (χ2v) is 5.06. The molecular weight excluding hydrogens is 371 g/mol. The number of halogens is 6. The number of nitrogens with one attached hydrogen (secondary N) is 1. The summed E-state index contributed by atoms with van der Waals surface area (Å²) in [5.74, 6) is -1.83. The highest BCUT2D eigenvalue weighted by Gasteiger charge is 2.32. The van der Waals surface area contributed by atoms with Crippen molar-refractivity contribution in [2.24, 2.45) is 0 Å². The van der Waals surface area contributed by atoms with Gasteiger partial charge in [-0.25, -0.2) is 4.39 Å². The van der Waals surface area contributed by atoms with Gasteiger partial charge >= 0.3 is 6.36 Å². The Hall–Kier alpha value is -1.02. The number of hydrogen-bond acceptors (Lipinski definition) is 3. The number of benzene rings is 1. The molecule has 0 amide bonds. The lowest BCUT2D eigenvalue weighted by Crippen LogP contribution is -2.45. The second kappa shape index (κ2) is 10.1. The summed E-state index contributed by atoms with van der Waals surface area (Å²) in [5.41, 5.74) is 0.619. The maximum absolute atomic E-state index is 13.9. The zero-order chi connectivity index (χ0) is 16.2. The molecule has 1 aromatic rings. The van der Waals surface area contributed by atoms with Gasteiger partial charge in [-0.2, -0.15) is 0 Å². The molecule has 2 rings (SSSR count). The van der Waals surface area contributed by atoms with Crippen molar-refractivity contribution in [2.45, 2.75) is 18.8 Å². The standard InChI is InChI=1S/C15H18F4N2O.2ClH/c1-2-3-13(21-8-6-20-7-9-21)11-4-5-14(12(16)10-11)22-15(17,18)19;;/h2,4-5,10,13,20H,1,3,6-9H2;2*1H/t13-;;/m0../s1. The Morgan fingerprint density at radius 2 is 1.88 bits per heavy atom. The fourth-order valence-electron chi connectivity index (χ4n) is 2.58. The molecule has 9 heteroatoms. The first-order valence-corrected chi connectivity index (χ1v) is 7.01. The van der Waals surface area contributed by atoms with Crippen LogP contribution in [0.5, 0.6) is 5.75 Å². The van der Waals surface area contributed by atoms with Gasteiger partial charge in [-0.3, -0.25) is 4.90 Å². The first-order chi connectivity index (χ1) is 10.4. The molecule has 138 valence electrons. The van der Waals surface area contributed by atoms with Crippen LogP contribution in [0.25, 0.3) is 0 Å². The number of rotatable bonds is 5. The molecule has 24 heavy (non-hydrogen) atoms. The summed E-state index contributed by atoms with van der Waals surface area (Å²) in [6, 6.07) is 3.50. The van der Waals surface area contributed by atoms with E-state index in [2.05, 4.69) is 21.5 Å². The Bertz CT molecular complexity index is 523. The Labute approximate surface area is 150 Å². The largest absolute Gasteiger partial charge is 0.573 e. The number of nitrogens with zero attached hydrogens (tertiary/aromatic N) is 1. The van der Waals surface area contributed by atoms with Gasteiger partial charge < -0.3 is 10.1 Å². The minimum Gasteiger partial charge on any atom is -0.403 e. The molecule has 0 radical (unpaired) electrons. The molecule has 1 aliphatic rings. The molecule has 0 unspecified atom stereocenters. The molecule has 1 heterocycles. The summed E-state index contributed by atoms with van der Waals surface area (Å²) in [7, 11) is 0. The average Bonchev–Trinajstić information content (AvgIpc) is 2.47. The highest BCUT2D eigenvalue weighted by Crippen LogP contribution is 2.31. The van der Waals surface area contributed by atoms with Gasteiger partial charge in [0.15, 0.2) is 11.6 Å². The molecule has 0 aromatic heterocycles. The van der Waals surface area contributed by atoms with E-state index in [0.717, 1.165) is 38.3 Å². The van der Waals surface area contributed by atoms with Crippen molar-refractivity contribution < 1.29 is 22.3 Å². The van der Waals surface area contributed by atoms with Gasteiger partial charge in [-0.1, -0.05) is 12.1 Å². The first kappa shape index (κ1) is 23.0. The maximum atomic E-state index is 13.9. The number of piperazine rings is 1. The average molecular weight is 391 g/mol. The highest BCUT2D eigenvalue weighted by atomic mass is 35.5. The van der Waals surface area contributed by atoms with Gasteiger partial charge in [0.25, 0.3) is 0 Å². The molecular formula is C15H20Cl2F4N2O. The van der Waals surface area contributed by atoms with E-state index in [0.29, 0.717) is 12.0 Å². The lowest BCUT2D eigenvalue weighted by Gasteiger charge is -2.34. The van der Waals surface area contributed by atoms with Crippen LogP contribution in [0.1, 0.15) is 18.0 Å². The topological polar surface area (TPSA) is 24.5 Å². The highest BCUT2D eigenvalue weighted by molar-refractivity contribution is 5.85. The summed E-state index contributed by atoms with van der Waals surface area (Å²) in [4.78, 5) is 2.16. The van der Waals surface area contributed by atoms with Crippen LogP contribution in [0.3, 0.4) is 0 Å². The molecule has 1 aliphatic heterocycles. The van der Waals surface area contributed by atoms with Crippen LogP contribution in [-0.4, -0.2) is 37.4 Å². The van der Waals surface area contributed by atoms with Crippen molar-refractivity contribution in [2.75, 3.05) is 26.2 Å². The smallest absolute Gasteiger partial charge is 0.403 e. The third-order valence-electron chi connectivity index (χ3n) is 3.55. The Balaban J connectivity index is 0.00000264. The van der Waals surface area contributed by atoms with Crippen LogP contribution in [0.15, 0.2) is 30.9 Å². The van der Waals surface area contributed by atoms with Crippen LogP contribution >= 0.6 is 24.8 Å². The van der Waals surface area contributed by atoms with Crippen LogP contribution in [-0.2, 0) is 0 Å². The van der Waals surface area contributed by atoms with Crippen LogP contribution in [0, 0.1) is 5.82 Å². The van der Waals surface area contributed by atoms with Crippen LogP contribution < -0.4 is 10.1 Å². The summed E-state index contributed by atoms with van der Waals surface area (Å²) < 4.78 is 54.0. The quantitative estimate of drug-likeness (QED) is 0.605. The van der Waals surface area contributed by atoms with E-state index >= 15 is 0 Å². The van der Waals surface area contributed by atoms with Gasteiger partial charge in [0, 0.05) is 32.2 Å². The summed E-state index contributed by atoms with van der Waals surface area (Å²) >= 11 is 0. The van der Waals surface area contributed by atoms with Gasteiger partial charge in [0.1, 0.15) is 0 Å². The SMILES string of the molecule is C=CC[C@@H](c1ccc(OC(F)(F)F)c(F)c1)N1CCNCC1.Cl.Cl. The molecule has 1 saturated heterocycles. The van der Waals surface area contributed by atoms with E-state index in [1.165, 1.54) is 6.07 Å². The summed E-state index contributed by atoms with van der Waals surface area (Å²) in [5, 5.41) is 3.22. The van der Waals surface area contributed by atoms with Gasteiger partial charge in [-0.15, -0.1) is 44.6 Å². The van der Waals surface area contributed by atoms with Gasteiger partial charge in [0.05, 0.1) is 0 Å². The fourth-order valence-corrected chi connectivity index (χ4v) is 2.58. The molecule has 3 nitrogen and oxygen atoms in total. The second-order valence-electron chi connectivity index (χ2n) is 5.06. The zero-order valence-corrected chi connectivity index (χ0v) is 14.4. The summed E-state index contributed by atoms with van der Waals surface area (Å²) in [6.45, 7) is 6.93. The maximum Gasteiger partial charge on any atom is 0.573 e. The first-order valence-electron chi connectivity index (χ1n) is 7.01. The predicted octanol–water partition coefficient (Wildman–Crippen LogP) is 4.09. The minimum absolute atomic E-state index is 0. The molecule has 1 atom stereocenters. The lowest BCUT2D eigenvalue weighted by atomic mass is 10.0. The Kier molecular flexibility index (Phi) is 9.65. The molecule has 0 spiro atoms. The molecule has 1 N–H and O–H groups in total. The van der Waals surface area contributed by atoms with Gasteiger partial charge in [-0.05, 0) is 24.1 Å². The number of ether oxygens (including phenoxy) is 1. The predicted molar refractivity (Wildman–Crippen MR) is 89.6 cm³/mol. The minimum atomic E-state index is -4.90. The normalized spacial score (nSPS) is 16.5. The third kappa shape index (κ3) is 6.47. The van der Waals surface area contributed by atoms with Crippen molar-refractivity contribution in [3.8, 4) is 5.75 Å². The van der Waals surface area contributed by atoms with E-state index in [9.17, 15) is 17.6 Å². The molecule has 0 aliphatic carbocycles. The van der Waals surface area contributed by atoms with E-state index in [4.69, 9.17) is 0 Å². The molecule has 0 bridgehead atoms. The van der Waals surface area contributed by atoms with Crippen molar-refractivity contribution in [1.82, 2.24) is 10.2 Å². The van der Waals surface area contributed by atoms with Crippen molar-refractivity contribution in [3.63, 3.8) is 0 Å². The molecule has 0 saturated carbocycles. The van der Waals surface area contributed by atoms with Gasteiger partial charge in [0.2, 0.25) is 0 Å². The number of hydrogen-bond donors (Lipinski definition) is 1. The van der Waals surface area contributed by atoms with E-state index in [-0.39, 0.29) is 30.9 Å². The lowest BCUT2D eigenvalue weighted by molar-refractivity contribution is -0.275. The van der Waals surface area contributed by atoms with E-state index < -0.39 is 17.9 Å². The fraction of sp³-hybridized carbons (Fsp3) is 0.467. The molecule has 1 aromatic carbocycles. The van der Waals surface area contributed by atoms with Crippen molar-refractivity contribution in [3.05, 3.63) is 42.2 Å². The summed E-state index contributed by atoms with van der Waals surface area (Å²) in [6.07, 6.45) is -2.58. The molecule has 1 fully saturated rings. The van der Waals surface area contributed by atoms with E-state index in [1.54, 1.807) is 6.08 Å². The number of alkyl halides is 3.